The van der Waals surface area contributed by atoms with Crippen molar-refractivity contribution in [3.63, 3.8) is 0 Å². The Morgan fingerprint density at radius 1 is 1.24 bits per heavy atom. The van der Waals surface area contributed by atoms with Gasteiger partial charge in [-0.3, -0.25) is 0 Å². The monoisotopic (exact) mass is 245 g/mol. The number of halogens is 3. The smallest absolute Gasteiger partial charge is 0.316 e. The molecule has 0 aromatic heterocycles. The van der Waals surface area contributed by atoms with Crippen LogP contribution in [0.25, 0.3) is 0 Å². The lowest BCUT2D eigenvalue weighted by atomic mass is 10.1. The van der Waals surface area contributed by atoms with Gasteiger partial charge in [0.1, 0.15) is 0 Å². The summed E-state index contributed by atoms with van der Waals surface area (Å²) in [4.78, 5) is 0. The van der Waals surface area contributed by atoms with E-state index in [1.165, 1.54) is 12.1 Å². The average Bonchev–Trinajstić information content (AvgIpc) is 2.23. The second kappa shape index (κ2) is 6.05. The van der Waals surface area contributed by atoms with Gasteiger partial charge in [0.25, 0.3) is 0 Å². The summed E-state index contributed by atoms with van der Waals surface area (Å²) in [5, 5.41) is 3.21. The summed E-state index contributed by atoms with van der Waals surface area (Å²) in [6.07, 6.45) is -3.63. The zero-order valence-electron chi connectivity index (χ0n) is 10.1. The number of alkyl halides is 3. The Hall–Kier alpha value is -1.03. The summed E-state index contributed by atoms with van der Waals surface area (Å²) >= 11 is 0. The molecule has 0 atom stereocenters. The van der Waals surface area contributed by atoms with Crippen molar-refractivity contribution < 1.29 is 13.2 Å². The molecule has 0 fully saturated rings. The Bertz CT molecular complexity index is 345. The van der Waals surface area contributed by atoms with Gasteiger partial charge >= 0.3 is 6.18 Å². The number of nitrogens with one attached hydrogen (secondary N) is 1. The van der Waals surface area contributed by atoms with Crippen LogP contribution in [0.2, 0.25) is 0 Å². The molecule has 0 saturated heterocycles. The van der Waals surface area contributed by atoms with Crippen LogP contribution in [-0.4, -0.2) is 13.1 Å². The first kappa shape index (κ1) is 14.0. The normalized spacial score (nSPS) is 12.1. The van der Waals surface area contributed by atoms with Crippen molar-refractivity contribution in [2.24, 2.45) is 5.92 Å². The summed E-state index contributed by atoms with van der Waals surface area (Å²) < 4.78 is 37.3. The Labute approximate surface area is 100 Å². The van der Waals surface area contributed by atoms with E-state index in [2.05, 4.69) is 19.2 Å². The van der Waals surface area contributed by atoms with Gasteiger partial charge in [0, 0.05) is 0 Å². The van der Waals surface area contributed by atoms with E-state index in [1.807, 2.05) is 0 Å². The molecule has 1 aromatic rings. The Balaban J connectivity index is 2.49. The maximum absolute atomic E-state index is 12.4. The highest BCUT2D eigenvalue weighted by Gasteiger charge is 2.30. The molecule has 0 spiro atoms. The van der Waals surface area contributed by atoms with E-state index in [4.69, 9.17) is 0 Å². The van der Waals surface area contributed by atoms with Gasteiger partial charge in [-0.2, -0.15) is 13.2 Å². The summed E-state index contributed by atoms with van der Waals surface area (Å²) in [5.74, 6) is 0.552. The van der Waals surface area contributed by atoms with Crippen LogP contribution in [0.3, 0.4) is 0 Å². The summed E-state index contributed by atoms with van der Waals surface area (Å²) in [5.41, 5.74) is 0.148. The first-order chi connectivity index (χ1) is 7.89. The molecule has 17 heavy (non-hydrogen) atoms. The van der Waals surface area contributed by atoms with Gasteiger partial charge in [-0.25, -0.2) is 0 Å². The second-order valence-corrected chi connectivity index (χ2v) is 4.55. The van der Waals surface area contributed by atoms with E-state index in [0.29, 0.717) is 18.9 Å². The van der Waals surface area contributed by atoms with Crippen molar-refractivity contribution in [1.29, 1.82) is 0 Å². The molecular formula is C13H18F3N. The minimum Gasteiger partial charge on any atom is -0.316 e. The molecule has 0 bridgehead atoms. The minimum atomic E-state index is -4.25. The third kappa shape index (κ3) is 5.22. The van der Waals surface area contributed by atoms with E-state index in [-0.39, 0.29) is 0 Å². The lowest BCUT2D eigenvalue weighted by molar-refractivity contribution is -0.137. The van der Waals surface area contributed by atoms with Gasteiger partial charge in [-0.05, 0) is 37.1 Å². The molecular weight excluding hydrogens is 227 g/mol. The lowest BCUT2D eigenvalue weighted by Gasteiger charge is -2.10. The highest BCUT2D eigenvalue weighted by atomic mass is 19.4. The molecule has 0 heterocycles. The third-order valence-electron chi connectivity index (χ3n) is 2.40. The van der Waals surface area contributed by atoms with Crippen LogP contribution in [0.15, 0.2) is 24.3 Å². The van der Waals surface area contributed by atoms with Crippen LogP contribution in [0, 0.1) is 5.92 Å². The standard InChI is InChI=1S/C13H18F3N/c1-10(2)9-17-7-6-11-4-3-5-12(8-11)13(14,15)16/h3-5,8,10,17H,6-7,9H2,1-2H3. The maximum Gasteiger partial charge on any atom is 0.416 e. The zero-order valence-corrected chi connectivity index (χ0v) is 10.1. The van der Waals surface area contributed by atoms with Crippen LogP contribution in [-0.2, 0) is 12.6 Å². The molecule has 0 saturated carbocycles. The van der Waals surface area contributed by atoms with Gasteiger partial charge in [-0.1, -0.05) is 32.0 Å². The molecule has 96 valence electrons. The Morgan fingerprint density at radius 3 is 2.53 bits per heavy atom. The predicted octanol–water partition coefficient (Wildman–Crippen LogP) is 3.49. The fraction of sp³-hybridized carbons (Fsp3) is 0.538. The Morgan fingerprint density at radius 2 is 1.94 bits per heavy atom. The van der Waals surface area contributed by atoms with E-state index in [9.17, 15) is 13.2 Å². The van der Waals surface area contributed by atoms with Crippen molar-refractivity contribution in [3.05, 3.63) is 35.4 Å². The molecule has 1 aromatic carbocycles. The van der Waals surface area contributed by atoms with Crippen LogP contribution in [0.4, 0.5) is 13.2 Å². The number of hydrogen-bond donors (Lipinski definition) is 1. The second-order valence-electron chi connectivity index (χ2n) is 4.55. The highest BCUT2D eigenvalue weighted by Crippen LogP contribution is 2.29. The number of hydrogen-bond acceptors (Lipinski definition) is 1. The molecule has 0 aliphatic rings. The van der Waals surface area contributed by atoms with Crippen LogP contribution in [0.5, 0.6) is 0 Å². The fourth-order valence-electron chi connectivity index (χ4n) is 1.53. The molecule has 0 unspecified atom stereocenters. The van der Waals surface area contributed by atoms with Crippen molar-refractivity contribution in [2.45, 2.75) is 26.4 Å². The predicted molar refractivity (Wildman–Crippen MR) is 62.9 cm³/mol. The van der Waals surface area contributed by atoms with Gasteiger partial charge in [0.2, 0.25) is 0 Å². The quantitative estimate of drug-likeness (QED) is 0.783. The van der Waals surface area contributed by atoms with Gasteiger partial charge in [-0.15, -0.1) is 0 Å². The molecule has 0 aliphatic carbocycles. The van der Waals surface area contributed by atoms with Crippen molar-refractivity contribution in [1.82, 2.24) is 5.32 Å². The molecule has 4 heteroatoms. The van der Waals surface area contributed by atoms with Gasteiger partial charge in [0.05, 0.1) is 5.56 Å². The molecule has 1 nitrogen and oxygen atoms in total. The molecule has 0 aliphatic heterocycles. The van der Waals surface area contributed by atoms with E-state index >= 15 is 0 Å². The number of benzene rings is 1. The fourth-order valence-corrected chi connectivity index (χ4v) is 1.53. The van der Waals surface area contributed by atoms with E-state index < -0.39 is 11.7 Å². The van der Waals surface area contributed by atoms with E-state index in [1.54, 1.807) is 6.07 Å². The van der Waals surface area contributed by atoms with Crippen LogP contribution in [0.1, 0.15) is 25.0 Å². The molecule has 0 radical (unpaired) electrons. The summed E-state index contributed by atoms with van der Waals surface area (Å²) in [6.45, 7) is 5.78. The summed E-state index contributed by atoms with van der Waals surface area (Å²) in [6, 6.07) is 5.51. The van der Waals surface area contributed by atoms with Gasteiger partial charge < -0.3 is 5.32 Å². The lowest BCUT2D eigenvalue weighted by Crippen LogP contribution is -2.22. The Kier molecular flexibility index (Phi) is 5.00. The van der Waals surface area contributed by atoms with Crippen molar-refractivity contribution in [3.8, 4) is 0 Å². The molecule has 0 amide bonds. The number of rotatable bonds is 5. The SMILES string of the molecule is CC(C)CNCCc1cccc(C(F)(F)F)c1. The average molecular weight is 245 g/mol. The van der Waals surface area contributed by atoms with E-state index in [0.717, 1.165) is 18.2 Å². The van der Waals surface area contributed by atoms with Crippen molar-refractivity contribution >= 4 is 0 Å². The molecule has 1 rings (SSSR count). The molecule has 1 N–H and O–H groups in total. The van der Waals surface area contributed by atoms with Crippen LogP contribution < -0.4 is 5.32 Å². The maximum atomic E-state index is 12.4. The zero-order chi connectivity index (χ0) is 12.9. The first-order valence-electron chi connectivity index (χ1n) is 5.76. The summed E-state index contributed by atoms with van der Waals surface area (Å²) in [7, 11) is 0. The largest absolute Gasteiger partial charge is 0.416 e. The highest BCUT2D eigenvalue weighted by molar-refractivity contribution is 5.25. The van der Waals surface area contributed by atoms with Crippen LogP contribution >= 0.6 is 0 Å². The van der Waals surface area contributed by atoms with Crippen molar-refractivity contribution in [2.75, 3.05) is 13.1 Å². The topological polar surface area (TPSA) is 12.0 Å². The minimum absolute atomic E-state index is 0.552. The third-order valence-corrected chi connectivity index (χ3v) is 2.40. The first-order valence-corrected chi connectivity index (χ1v) is 5.76. The van der Waals surface area contributed by atoms with Gasteiger partial charge in [0.15, 0.2) is 0 Å².